The van der Waals surface area contributed by atoms with E-state index in [1.807, 2.05) is 0 Å². The minimum atomic E-state index is -3.39. The van der Waals surface area contributed by atoms with Gasteiger partial charge in [0.05, 0.1) is 28.5 Å². The van der Waals surface area contributed by atoms with Gasteiger partial charge in [-0.15, -0.1) is 0 Å². The number of hydrogen-bond acceptors (Lipinski definition) is 3. The highest BCUT2D eigenvalue weighted by molar-refractivity contribution is 7.88. The summed E-state index contributed by atoms with van der Waals surface area (Å²) in [7, 11) is -3.39. The quantitative estimate of drug-likeness (QED) is 0.897. The lowest BCUT2D eigenvalue weighted by atomic mass is 10.3. The van der Waals surface area contributed by atoms with E-state index in [4.69, 9.17) is 23.2 Å². The van der Waals surface area contributed by atoms with Gasteiger partial charge in [0.2, 0.25) is 15.9 Å². The third-order valence-electron chi connectivity index (χ3n) is 2.91. The molecule has 1 aliphatic rings. The Morgan fingerprint density at radius 3 is 2.60 bits per heavy atom. The molecule has 0 unspecified atom stereocenters. The smallest absolute Gasteiger partial charge is 0.239 e. The molecule has 1 N–H and O–H groups in total. The minimum Gasteiger partial charge on any atom is -0.324 e. The van der Waals surface area contributed by atoms with Crippen molar-refractivity contribution in [2.24, 2.45) is 0 Å². The van der Waals surface area contributed by atoms with Crippen LogP contribution in [0.25, 0.3) is 0 Å². The summed E-state index contributed by atoms with van der Waals surface area (Å²) >= 11 is 11.8. The van der Waals surface area contributed by atoms with Gasteiger partial charge in [-0.2, -0.15) is 4.31 Å². The number of hydrogen-bond donors (Lipinski definition) is 1. The maximum Gasteiger partial charge on any atom is 0.239 e. The lowest BCUT2D eigenvalue weighted by Crippen LogP contribution is -2.38. The van der Waals surface area contributed by atoms with Gasteiger partial charge in [-0.25, -0.2) is 8.42 Å². The van der Waals surface area contributed by atoms with E-state index in [2.05, 4.69) is 5.32 Å². The second-order valence-corrected chi connectivity index (χ2v) is 7.41. The zero-order chi connectivity index (χ0) is 14.9. The van der Waals surface area contributed by atoms with Gasteiger partial charge in [0.25, 0.3) is 0 Å². The first-order valence-electron chi connectivity index (χ1n) is 5.99. The summed E-state index contributed by atoms with van der Waals surface area (Å²) in [5, 5.41) is 3.14. The van der Waals surface area contributed by atoms with Crippen molar-refractivity contribution in [3.8, 4) is 0 Å². The van der Waals surface area contributed by atoms with Crippen LogP contribution in [0.15, 0.2) is 18.2 Å². The fourth-order valence-electron chi connectivity index (χ4n) is 1.81. The molecule has 1 aliphatic carbocycles. The number of carbonyl (C=O) groups is 1. The van der Waals surface area contributed by atoms with Crippen molar-refractivity contribution < 1.29 is 13.2 Å². The Kier molecular flexibility index (Phi) is 4.59. The maximum atomic E-state index is 11.9. The van der Waals surface area contributed by atoms with Crippen molar-refractivity contribution in [1.82, 2.24) is 4.31 Å². The van der Waals surface area contributed by atoms with Crippen molar-refractivity contribution in [2.75, 3.05) is 18.1 Å². The van der Waals surface area contributed by atoms with Gasteiger partial charge in [-0.05, 0) is 25.0 Å². The topological polar surface area (TPSA) is 66.5 Å². The molecule has 2 rings (SSSR count). The second-order valence-electron chi connectivity index (χ2n) is 4.69. The first kappa shape index (κ1) is 15.6. The van der Waals surface area contributed by atoms with Crippen LogP contribution in [-0.4, -0.2) is 37.5 Å². The van der Waals surface area contributed by atoms with E-state index in [0.29, 0.717) is 10.7 Å². The summed E-state index contributed by atoms with van der Waals surface area (Å²) in [5.41, 5.74) is 0.369. The number of rotatable bonds is 5. The van der Waals surface area contributed by atoms with Gasteiger partial charge >= 0.3 is 0 Å². The third-order valence-corrected chi connectivity index (χ3v) is 5.00. The van der Waals surface area contributed by atoms with Crippen LogP contribution in [-0.2, 0) is 14.8 Å². The third kappa shape index (κ3) is 3.85. The summed E-state index contributed by atoms with van der Waals surface area (Å²) in [6.07, 6.45) is 2.68. The average molecular weight is 337 g/mol. The molecule has 1 amide bonds. The van der Waals surface area contributed by atoms with Gasteiger partial charge in [-0.1, -0.05) is 29.3 Å². The maximum absolute atomic E-state index is 11.9. The molecule has 1 saturated carbocycles. The van der Waals surface area contributed by atoms with Gasteiger partial charge in [0.15, 0.2) is 0 Å². The predicted molar refractivity (Wildman–Crippen MR) is 79.7 cm³/mol. The Morgan fingerprint density at radius 1 is 1.40 bits per heavy atom. The molecule has 0 spiro atoms. The van der Waals surface area contributed by atoms with Crippen molar-refractivity contribution >= 4 is 44.8 Å². The number of carbonyl (C=O) groups excluding carboxylic acids is 1. The lowest BCUT2D eigenvalue weighted by Gasteiger charge is -2.19. The number of nitrogens with zero attached hydrogens (tertiary/aromatic N) is 1. The highest BCUT2D eigenvalue weighted by Crippen LogP contribution is 2.31. The van der Waals surface area contributed by atoms with E-state index >= 15 is 0 Å². The zero-order valence-corrected chi connectivity index (χ0v) is 13.1. The molecule has 110 valence electrons. The van der Waals surface area contributed by atoms with Crippen molar-refractivity contribution in [2.45, 2.75) is 18.9 Å². The Balaban J connectivity index is 2.07. The van der Waals surface area contributed by atoms with Crippen LogP contribution in [0.5, 0.6) is 0 Å². The molecule has 20 heavy (non-hydrogen) atoms. The highest BCUT2D eigenvalue weighted by atomic mass is 35.5. The van der Waals surface area contributed by atoms with E-state index in [1.165, 1.54) is 4.31 Å². The Bertz CT molecular complexity index is 630. The Morgan fingerprint density at radius 2 is 2.05 bits per heavy atom. The molecule has 8 heteroatoms. The molecule has 0 bridgehead atoms. The van der Waals surface area contributed by atoms with Crippen molar-refractivity contribution in [1.29, 1.82) is 0 Å². The number of sulfonamides is 1. The molecule has 0 saturated heterocycles. The molecule has 0 aliphatic heterocycles. The van der Waals surface area contributed by atoms with Gasteiger partial charge in [-0.3, -0.25) is 4.79 Å². The van der Waals surface area contributed by atoms with Crippen LogP contribution < -0.4 is 5.32 Å². The molecule has 0 heterocycles. The van der Waals surface area contributed by atoms with Crippen LogP contribution in [0.1, 0.15) is 12.8 Å². The fourth-order valence-corrected chi connectivity index (χ4v) is 3.26. The normalized spacial score (nSPS) is 15.4. The molecule has 0 radical (unpaired) electrons. The van der Waals surface area contributed by atoms with Crippen molar-refractivity contribution in [3.05, 3.63) is 28.2 Å². The van der Waals surface area contributed by atoms with E-state index in [1.54, 1.807) is 18.2 Å². The molecular weight excluding hydrogens is 323 g/mol. The van der Waals surface area contributed by atoms with E-state index in [-0.39, 0.29) is 17.6 Å². The first-order chi connectivity index (χ1) is 9.29. The zero-order valence-electron chi connectivity index (χ0n) is 10.8. The van der Waals surface area contributed by atoms with Gasteiger partial charge in [0.1, 0.15) is 0 Å². The summed E-state index contributed by atoms with van der Waals surface area (Å²) < 4.78 is 24.5. The SMILES string of the molecule is CS(=O)(=O)N(CC(=O)Nc1cccc(Cl)c1Cl)C1CC1. The Hall–Kier alpha value is -0.820. The number of nitrogens with one attached hydrogen (secondary N) is 1. The molecule has 1 aromatic rings. The van der Waals surface area contributed by atoms with Crippen LogP contribution in [0.3, 0.4) is 0 Å². The minimum absolute atomic E-state index is 0.0643. The molecule has 5 nitrogen and oxygen atoms in total. The molecule has 1 aromatic carbocycles. The van der Waals surface area contributed by atoms with Crippen LogP contribution >= 0.6 is 23.2 Å². The van der Waals surface area contributed by atoms with Crippen LogP contribution in [0.2, 0.25) is 10.0 Å². The largest absolute Gasteiger partial charge is 0.324 e. The Labute approximate surface area is 127 Å². The fraction of sp³-hybridized carbons (Fsp3) is 0.417. The summed E-state index contributed by atoms with van der Waals surface area (Å²) in [6.45, 7) is -0.216. The first-order valence-corrected chi connectivity index (χ1v) is 8.60. The molecule has 0 aromatic heterocycles. The molecular formula is C12H14Cl2N2O3S. The van der Waals surface area contributed by atoms with E-state index < -0.39 is 15.9 Å². The highest BCUT2D eigenvalue weighted by Gasteiger charge is 2.36. The number of amides is 1. The van der Waals surface area contributed by atoms with Crippen molar-refractivity contribution in [3.63, 3.8) is 0 Å². The summed E-state index contributed by atoms with van der Waals surface area (Å²) in [5.74, 6) is -0.438. The average Bonchev–Trinajstić information content (AvgIpc) is 3.15. The lowest BCUT2D eigenvalue weighted by molar-refractivity contribution is -0.116. The summed E-state index contributed by atoms with van der Waals surface area (Å²) in [6, 6.07) is 4.80. The monoisotopic (exact) mass is 336 g/mol. The van der Waals surface area contributed by atoms with E-state index in [0.717, 1.165) is 19.1 Å². The molecule has 1 fully saturated rings. The van der Waals surface area contributed by atoms with Gasteiger partial charge in [0, 0.05) is 6.04 Å². The standard InChI is InChI=1S/C12H14Cl2N2O3S/c1-20(18,19)16(8-5-6-8)7-11(17)15-10-4-2-3-9(13)12(10)14/h2-4,8H,5-7H2,1H3,(H,15,17). The van der Waals surface area contributed by atoms with E-state index in [9.17, 15) is 13.2 Å². The predicted octanol–water partition coefficient (Wildman–Crippen LogP) is 2.36. The summed E-state index contributed by atoms with van der Waals surface area (Å²) in [4.78, 5) is 11.9. The molecule has 0 atom stereocenters. The second kappa shape index (κ2) is 5.89. The number of benzene rings is 1. The van der Waals surface area contributed by atoms with Crippen LogP contribution in [0.4, 0.5) is 5.69 Å². The van der Waals surface area contributed by atoms with Gasteiger partial charge < -0.3 is 5.32 Å². The van der Waals surface area contributed by atoms with Crippen LogP contribution in [0, 0.1) is 0 Å². The number of anilines is 1. The number of halogens is 2.